The topological polar surface area (TPSA) is 139 Å². The number of hydrogen-bond donors (Lipinski definition) is 3. The third kappa shape index (κ3) is 7.46. The Morgan fingerprint density at radius 2 is 2.00 bits per heavy atom. The summed E-state index contributed by atoms with van der Waals surface area (Å²) in [5.41, 5.74) is 1.36. The van der Waals surface area contributed by atoms with Crippen molar-refractivity contribution in [3.05, 3.63) is 53.9 Å². The number of pyridine rings is 1. The summed E-state index contributed by atoms with van der Waals surface area (Å²) < 4.78 is 14.0. The van der Waals surface area contributed by atoms with Gasteiger partial charge in [0.1, 0.15) is 17.0 Å². The number of carbonyl (C=O) groups excluding carboxylic acids is 1. The van der Waals surface area contributed by atoms with Crippen LogP contribution in [0.15, 0.2) is 42.6 Å². The molecule has 3 aromatic rings. The molecule has 2 fully saturated rings. The molecule has 1 amide bonds. The molecule has 2 heterocycles. The number of carboxylic acid groups (broad SMARTS) is 1. The maximum absolute atomic E-state index is 13.6. The van der Waals surface area contributed by atoms with Crippen LogP contribution in [0.1, 0.15) is 76.5 Å². The molecule has 2 aromatic heterocycles. The first-order valence-corrected chi connectivity index (χ1v) is 16.7. The van der Waals surface area contributed by atoms with Crippen LogP contribution in [0.25, 0.3) is 16.7 Å². The van der Waals surface area contributed by atoms with Gasteiger partial charge in [0.2, 0.25) is 5.91 Å². The predicted octanol–water partition coefficient (Wildman–Crippen LogP) is 5.22. The molecule has 0 radical (unpaired) electrons. The Hall–Kier alpha value is -3.96. The molecule has 1 unspecified atom stereocenters. The van der Waals surface area contributed by atoms with Gasteiger partial charge in [-0.25, -0.2) is 14.5 Å². The number of hydrogen-bond acceptors (Lipinski definition) is 8. The highest BCUT2D eigenvalue weighted by molar-refractivity contribution is 5.92. The zero-order valence-corrected chi connectivity index (χ0v) is 28.4. The van der Waals surface area contributed by atoms with Crippen molar-refractivity contribution in [3.63, 3.8) is 0 Å². The SMILES string of the molecule is COc1ccc2c(O[C@H]3C[C@@H](C)[C@H](C(=O)NC4(C(=O)O)C[C@H]4/C=C\CCCCN(C)CO)C3)cc(-n3ccc(C(C)C)n3)nc2c1C. The zero-order valence-electron chi connectivity index (χ0n) is 28.4. The van der Waals surface area contributed by atoms with Crippen molar-refractivity contribution in [2.24, 2.45) is 17.8 Å². The van der Waals surface area contributed by atoms with Crippen molar-refractivity contribution in [2.75, 3.05) is 27.4 Å². The van der Waals surface area contributed by atoms with Gasteiger partial charge in [-0.3, -0.25) is 9.69 Å². The van der Waals surface area contributed by atoms with E-state index in [0.29, 0.717) is 30.8 Å². The predicted molar refractivity (Wildman–Crippen MR) is 180 cm³/mol. The lowest BCUT2D eigenvalue weighted by Crippen LogP contribution is -2.47. The molecule has 254 valence electrons. The van der Waals surface area contributed by atoms with Crippen LogP contribution in [0.3, 0.4) is 0 Å². The van der Waals surface area contributed by atoms with E-state index >= 15 is 0 Å². The molecule has 5 rings (SSSR count). The second-order valence-electron chi connectivity index (χ2n) is 13.6. The average Bonchev–Trinajstić information content (AvgIpc) is 3.34. The Labute approximate surface area is 277 Å². The number of carbonyl (C=O) groups is 2. The third-order valence-corrected chi connectivity index (χ3v) is 9.77. The Bertz CT molecular complexity index is 1620. The largest absolute Gasteiger partial charge is 0.496 e. The van der Waals surface area contributed by atoms with E-state index in [-0.39, 0.29) is 42.4 Å². The van der Waals surface area contributed by atoms with Crippen LogP contribution in [0.4, 0.5) is 0 Å². The molecule has 11 nitrogen and oxygen atoms in total. The van der Waals surface area contributed by atoms with Gasteiger partial charge < -0.3 is 25.0 Å². The first kappa shape index (κ1) is 34.4. The fourth-order valence-electron chi connectivity index (χ4n) is 6.66. The maximum atomic E-state index is 13.6. The molecule has 0 bridgehead atoms. The number of aliphatic hydroxyl groups excluding tert-OH is 1. The van der Waals surface area contributed by atoms with E-state index in [1.807, 2.05) is 68.4 Å². The van der Waals surface area contributed by atoms with E-state index in [2.05, 4.69) is 19.2 Å². The van der Waals surface area contributed by atoms with Crippen molar-refractivity contribution in [1.29, 1.82) is 0 Å². The minimum atomic E-state index is -1.26. The van der Waals surface area contributed by atoms with E-state index in [9.17, 15) is 14.7 Å². The molecule has 3 N–H and O–H groups in total. The Balaban J connectivity index is 1.28. The van der Waals surface area contributed by atoms with E-state index in [1.54, 1.807) is 11.8 Å². The van der Waals surface area contributed by atoms with Gasteiger partial charge in [-0.15, -0.1) is 0 Å². The van der Waals surface area contributed by atoms with Gasteiger partial charge in [-0.2, -0.15) is 5.10 Å². The van der Waals surface area contributed by atoms with E-state index < -0.39 is 11.5 Å². The molecule has 2 aliphatic carbocycles. The number of methoxy groups -OCH3 is 1. The molecule has 1 aromatic carbocycles. The number of benzene rings is 1. The number of rotatable bonds is 15. The van der Waals surface area contributed by atoms with Gasteiger partial charge in [-0.05, 0) is 89.1 Å². The van der Waals surface area contributed by atoms with E-state index in [4.69, 9.17) is 24.7 Å². The molecule has 0 aliphatic heterocycles. The summed E-state index contributed by atoms with van der Waals surface area (Å²) in [6.07, 6.45) is 9.88. The molecule has 2 aliphatic rings. The molecule has 0 spiro atoms. The second-order valence-corrected chi connectivity index (χ2v) is 13.6. The number of aromatic nitrogens is 3. The maximum Gasteiger partial charge on any atom is 0.330 e. The molecule has 11 heteroatoms. The van der Waals surface area contributed by atoms with Crippen LogP contribution in [-0.4, -0.2) is 80.8 Å². The number of aliphatic hydroxyl groups is 1. The van der Waals surface area contributed by atoms with Gasteiger partial charge in [0, 0.05) is 35.0 Å². The van der Waals surface area contributed by atoms with Gasteiger partial charge in [0.15, 0.2) is 5.82 Å². The number of amides is 1. The third-order valence-electron chi connectivity index (χ3n) is 9.77. The quantitative estimate of drug-likeness (QED) is 0.115. The lowest BCUT2D eigenvalue weighted by molar-refractivity contribution is -0.144. The van der Waals surface area contributed by atoms with Crippen LogP contribution in [0.5, 0.6) is 11.5 Å². The van der Waals surface area contributed by atoms with E-state index in [0.717, 1.165) is 53.7 Å². The Morgan fingerprint density at radius 3 is 2.68 bits per heavy atom. The highest BCUT2D eigenvalue weighted by Crippen LogP contribution is 2.46. The minimum Gasteiger partial charge on any atom is -0.496 e. The fraction of sp³-hybridized carbons (Fsp3) is 0.556. The van der Waals surface area contributed by atoms with Gasteiger partial charge in [0.25, 0.3) is 0 Å². The number of aryl methyl sites for hydroxylation is 1. The van der Waals surface area contributed by atoms with Crippen molar-refractivity contribution in [1.82, 2.24) is 25.0 Å². The number of allylic oxidation sites excluding steroid dienone is 1. The average molecular weight is 648 g/mol. The molecule has 0 saturated heterocycles. The minimum absolute atomic E-state index is 0.0183. The van der Waals surface area contributed by atoms with Gasteiger partial charge in [0.05, 0.1) is 31.2 Å². The van der Waals surface area contributed by atoms with Crippen LogP contribution in [0, 0.1) is 24.7 Å². The smallest absolute Gasteiger partial charge is 0.330 e. The summed E-state index contributed by atoms with van der Waals surface area (Å²) >= 11 is 0. The summed E-state index contributed by atoms with van der Waals surface area (Å²) in [6, 6.07) is 7.74. The number of nitrogens with one attached hydrogen (secondary N) is 1. The molecule has 2 saturated carbocycles. The Morgan fingerprint density at radius 1 is 1.21 bits per heavy atom. The van der Waals surface area contributed by atoms with Gasteiger partial charge >= 0.3 is 5.97 Å². The van der Waals surface area contributed by atoms with Crippen molar-refractivity contribution < 1.29 is 29.3 Å². The molecule has 5 atom stereocenters. The highest BCUT2D eigenvalue weighted by atomic mass is 16.5. The summed E-state index contributed by atoms with van der Waals surface area (Å²) in [5.74, 6) is 0.496. The number of ether oxygens (including phenoxy) is 2. The standard InChI is InChI=1S/C36H49N5O6/c1-22(2)29-14-16-41(39-29)32-19-31(27-12-13-30(46-6)24(4)33(27)37-32)47-26-17-23(3)28(18-26)34(43)38-36(35(44)45)20-25(36)11-9-7-8-10-15-40(5)21-42/h9,11-14,16,19,22-23,25-26,28,42H,7-8,10,15,17-18,20-21H2,1-6H3,(H,38,43)(H,44,45)/b11-9-/t23-,25-,26+,28-,36?/m1/s1. The van der Waals surface area contributed by atoms with Crippen LogP contribution < -0.4 is 14.8 Å². The number of aliphatic carboxylic acids is 1. The zero-order chi connectivity index (χ0) is 33.9. The summed E-state index contributed by atoms with van der Waals surface area (Å²) in [4.78, 5) is 32.7. The summed E-state index contributed by atoms with van der Waals surface area (Å²) in [7, 11) is 3.50. The summed E-state index contributed by atoms with van der Waals surface area (Å²) in [5, 5.41) is 27.7. The monoisotopic (exact) mass is 647 g/mol. The first-order valence-electron chi connectivity index (χ1n) is 16.7. The first-order chi connectivity index (χ1) is 22.5. The lowest BCUT2D eigenvalue weighted by atomic mass is 9.96. The van der Waals surface area contributed by atoms with E-state index in [1.165, 1.54) is 0 Å². The van der Waals surface area contributed by atoms with Crippen molar-refractivity contribution >= 4 is 22.8 Å². The van der Waals surface area contributed by atoms with Crippen molar-refractivity contribution in [3.8, 4) is 17.3 Å². The van der Waals surface area contributed by atoms with Crippen molar-refractivity contribution in [2.45, 2.75) is 83.8 Å². The number of carboxylic acids is 1. The van der Waals surface area contributed by atoms with Crippen LogP contribution in [-0.2, 0) is 9.59 Å². The van der Waals surface area contributed by atoms with Gasteiger partial charge in [-0.1, -0.05) is 32.9 Å². The number of nitrogens with zero attached hydrogens (tertiary/aromatic N) is 4. The van der Waals surface area contributed by atoms with Crippen LogP contribution >= 0.6 is 0 Å². The summed E-state index contributed by atoms with van der Waals surface area (Å²) in [6.45, 7) is 9.04. The highest BCUT2D eigenvalue weighted by Gasteiger charge is 2.61. The van der Waals surface area contributed by atoms with Crippen LogP contribution in [0.2, 0.25) is 0 Å². The molecular formula is C36H49N5O6. The second kappa shape index (κ2) is 14.4. The molecule has 47 heavy (non-hydrogen) atoms. The normalized spacial score (nSPS) is 24.0. The number of unbranched alkanes of at least 4 members (excludes halogenated alkanes) is 2. The molecular weight excluding hydrogens is 598 g/mol. The Kier molecular flexibility index (Phi) is 10.6. The number of fused-ring (bicyclic) bond motifs is 1. The fourth-order valence-corrected chi connectivity index (χ4v) is 6.66. The lowest BCUT2D eigenvalue weighted by Gasteiger charge is -2.20.